The molecule has 0 saturated carbocycles. The van der Waals surface area contributed by atoms with Gasteiger partial charge in [-0.25, -0.2) is 9.37 Å². The van der Waals surface area contributed by atoms with Gasteiger partial charge in [0, 0.05) is 12.1 Å². The van der Waals surface area contributed by atoms with Crippen molar-refractivity contribution in [1.82, 2.24) is 15.2 Å². The number of nitrogens with zero attached hydrogens (tertiary/aromatic N) is 3. The maximum absolute atomic E-state index is 13.3. The van der Waals surface area contributed by atoms with Gasteiger partial charge >= 0.3 is 0 Å². The van der Waals surface area contributed by atoms with Crippen molar-refractivity contribution in [1.29, 1.82) is 0 Å². The fraction of sp³-hybridized carbons (Fsp3) is 0.250. The molecule has 0 aliphatic rings. The second kappa shape index (κ2) is 4.86. The molecular formula is C12H13FN4. The van der Waals surface area contributed by atoms with E-state index in [2.05, 4.69) is 20.5 Å². The molecule has 88 valence electrons. The van der Waals surface area contributed by atoms with Crippen molar-refractivity contribution in [3.63, 3.8) is 0 Å². The number of halogens is 1. The molecule has 0 bridgehead atoms. The Morgan fingerprint density at radius 2 is 1.88 bits per heavy atom. The Morgan fingerprint density at radius 1 is 1.12 bits per heavy atom. The van der Waals surface area contributed by atoms with Crippen LogP contribution in [0.5, 0.6) is 0 Å². The predicted molar refractivity (Wildman–Crippen MR) is 63.0 cm³/mol. The molecule has 5 heteroatoms. The lowest BCUT2D eigenvalue weighted by Gasteiger charge is -2.06. The highest BCUT2D eigenvalue weighted by atomic mass is 19.1. The predicted octanol–water partition coefficient (Wildman–Crippen LogP) is 2.24. The molecular weight excluding hydrogens is 219 g/mol. The van der Waals surface area contributed by atoms with Gasteiger partial charge in [-0.05, 0) is 19.9 Å². The Morgan fingerprint density at radius 3 is 2.59 bits per heavy atom. The number of aryl methyl sites for hydroxylation is 2. The van der Waals surface area contributed by atoms with E-state index in [1.807, 2.05) is 13.8 Å². The largest absolute Gasteiger partial charge is 0.349 e. The summed E-state index contributed by atoms with van der Waals surface area (Å²) in [7, 11) is 0. The zero-order valence-electron chi connectivity index (χ0n) is 9.74. The Hall–Kier alpha value is -2.04. The zero-order chi connectivity index (χ0) is 12.3. The summed E-state index contributed by atoms with van der Waals surface area (Å²) in [5.41, 5.74) is 2.19. The fourth-order valence-corrected chi connectivity index (χ4v) is 1.35. The molecule has 0 aliphatic carbocycles. The van der Waals surface area contributed by atoms with Crippen LogP contribution in [0.15, 0.2) is 24.3 Å². The standard InChI is InChI=1S/C12H13FN4/c1-8-9(2)16-17-12(15-8)14-7-10-5-3-4-6-11(10)13/h3-6H,7H2,1-2H3,(H,14,15,17). The van der Waals surface area contributed by atoms with Gasteiger partial charge < -0.3 is 5.32 Å². The van der Waals surface area contributed by atoms with Crippen LogP contribution in [0.3, 0.4) is 0 Å². The highest BCUT2D eigenvalue weighted by Gasteiger charge is 2.03. The Balaban J connectivity index is 2.08. The summed E-state index contributed by atoms with van der Waals surface area (Å²) in [5.74, 6) is 0.174. The van der Waals surface area contributed by atoms with Crippen molar-refractivity contribution in [3.8, 4) is 0 Å². The van der Waals surface area contributed by atoms with Gasteiger partial charge in [0.15, 0.2) is 0 Å². The quantitative estimate of drug-likeness (QED) is 0.881. The molecule has 0 amide bonds. The minimum Gasteiger partial charge on any atom is -0.349 e. The van der Waals surface area contributed by atoms with E-state index in [9.17, 15) is 4.39 Å². The number of rotatable bonds is 3. The lowest BCUT2D eigenvalue weighted by atomic mass is 10.2. The highest BCUT2D eigenvalue weighted by Crippen LogP contribution is 2.08. The number of aromatic nitrogens is 3. The molecule has 1 aromatic carbocycles. The van der Waals surface area contributed by atoms with E-state index in [0.29, 0.717) is 18.1 Å². The molecule has 1 N–H and O–H groups in total. The Labute approximate surface area is 98.9 Å². The van der Waals surface area contributed by atoms with Gasteiger partial charge in [0.1, 0.15) is 5.82 Å². The van der Waals surface area contributed by atoms with Crippen molar-refractivity contribution < 1.29 is 4.39 Å². The average Bonchev–Trinajstić information content (AvgIpc) is 2.32. The molecule has 2 aromatic rings. The van der Waals surface area contributed by atoms with Crippen molar-refractivity contribution in [3.05, 3.63) is 47.0 Å². The van der Waals surface area contributed by atoms with Crippen LogP contribution in [-0.2, 0) is 6.54 Å². The molecule has 0 unspecified atom stereocenters. The average molecular weight is 232 g/mol. The van der Waals surface area contributed by atoms with E-state index in [1.165, 1.54) is 6.07 Å². The molecule has 2 rings (SSSR count). The maximum Gasteiger partial charge on any atom is 0.243 e. The van der Waals surface area contributed by atoms with E-state index < -0.39 is 0 Å². The molecule has 0 aliphatic heterocycles. The normalized spacial score (nSPS) is 10.3. The van der Waals surface area contributed by atoms with Crippen molar-refractivity contribution in [2.75, 3.05) is 5.32 Å². The second-order valence-corrected chi connectivity index (χ2v) is 3.75. The van der Waals surface area contributed by atoms with Crippen LogP contribution >= 0.6 is 0 Å². The summed E-state index contributed by atoms with van der Waals surface area (Å²) < 4.78 is 13.3. The number of hydrogen-bond donors (Lipinski definition) is 1. The number of nitrogens with one attached hydrogen (secondary N) is 1. The molecule has 0 radical (unpaired) electrons. The summed E-state index contributed by atoms with van der Waals surface area (Å²) >= 11 is 0. The first-order valence-electron chi connectivity index (χ1n) is 5.32. The number of anilines is 1. The summed E-state index contributed by atoms with van der Waals surface area (Å²) in [6, 6.07) is 6.60. The number of benzene rings is 1. The molecule has 1 aromatic heterocycles. The SMILES string of the molecule is Cc1nnc(NCc2ccccc2F)nc1C. The summed E-state index contributed by atoms with van der Waals surface area (Å²) in [6.45, 7) is 4.05. The first-order valence-corrected chi connectivity index (χ1v) is 5.32. The monoisotopic (exact) mass is 232 g/mol. The lowest BCUT2D eigenvalue weighted by molar-refractivity contribution is 0.612. The van der Waals surface area contributed by atoms with Crippen LogP contribution in [0.25, 0.3) is 0 Å². The third kappa shape index (κ3) is 2.75. The Bertz CT molecular complexity index is 528. The van der Waals surface area contributed by atoms with E-state index in [0.717, 1.165) is 11.4 Å². The van der Waals surface area contributed by atoms with E-state index in [4.69, 9.17) is 0 Å². The van der Waals surface area contributed by atoms with Gasteiger partial charge in [-0.2, -0.15) is 5.10 Å². The first kappa shape index (κ1) is 11.4. The minimum absolute atomic E-state index is 0.239. The maximum atomic E-state index is 13.3. The van der Waals surface area contributed by atoms with Gasteiger partial charge in [-0.1, -0.05) is 18.2 Å². The summed E-state index contributed by atoms with van der Waals surface area (Å²) in [5, 5.41) is 10.8. The van der Waals surface area contributed by atoms with E-state index in [-0.39, 0.29) is 5.82 Å². The summed E-state index contributed by atoms with van der Waals surface area (Å²) in [6.07, 6.45) is 0. The minimum atomic E-state index is -0.239. The molecule has 0 fully saturated rings. The smallest absolute Gasteiger partial charge is 0.243 e. The van der Waals surface area contributed by atoms with Gasteiger partial charge in [0.05, 0.1) is 11.4 Å². The third-order valence-corrected chi connectivity index (χ3v) is 2.49. The van der Waals surface area contributed by atoms with Crippen LogP contribution in [0.4, 0.5) is 10.3 Å². The van der Waals surface area contributed by atoms with Crippen LogP contribution in [-0.4, -0.2) is 15.2 Å². The van der Waals surface area contributed by atoms with Crippen LogP contribution < -0.4 is 5.32 Å². The van der Waals surface area contributed by atoms with Gasteiger partial charge in [0.2, 0.25) is 5.95 Å². The first-order chi connectivity index (χ1) is 8.16. The van der Waals surface area contributed by atoms with Crippen molar-refractivity contribution in [2.24, 2.45) is 0 Å². The van der Waals surface area contributed by atoms with Crippen LogP contribution in [0.1, 0.15) is 17.0 Å². The lowest BCUT2D eigenvalue weighted by Crippen LogP contribution is -2.07. The van der Waals surface area contributed by atoms with Crippen molar-refractivity contribution >= 4 is 5.95 Å². The molecule has 0 spiro atoms. The second-order valence-electron chi connectivity index (χ2n) is 3.75. The molecule has 4 nitrogen and oxygen atoms in total. The third-order valence-electron chi connectivity index (χ3n) is 2.49. The van der Waals surface area contributed by atoms with Crippen LogP contribution in [0.2, 0.25) is 0 Å². The summed E-state index contributed by atoms with van der Waals surface area (Å²) in [4.78, 5) is 4.21. The van der Waals surface area contributed by atoms with E-state index >= 15 is 0 Å². The zero-order valence-corrected chi connectivity index (χ0v) is 9.74. The van der Waals surface area contributed by atoms with Crippen molar-refractivity contribution in [2.45, 2.75) is 20.4 Å². The molecule has 0 saturated heterocycles. The Kier molecular flexibility index (Phi) is 3.27. The number of hydrogen-bond acceptors (Lipinski definition) is 4. The highest BCUT2D eigenvalue weighted by molar-refractivity contribution is 5.28. The van der Waals surface area contributed by atoms with Crippen LogP contribution in [0, 0.1) is 19.7 Å². The van der Waals surface area contributed by atoms with E-state index in [1.54, 1.807) is 18.2 Å². The molecule has 0 atom stereocenters. The molecule has 17 heavy (non-hydrogen) atoms. The fourth-order valence-electron chi connectivity index (χ4n) is 1.35. The molecule has 1 heterocycles. The van der Waals surface area contributed by atoms with Gasteiger partial charge in [-0.3, -0.25) is 0 Å². The topological polar surface area (TPSA) is 50.7 Å². The van der Waals surface area contributed by atoms with Gasteiger partial charge in [-0.15, -0.1) is 5.10 Å². The van der Waals surface area contributed by atoms with Gasteiger partial charge in [0.25, 0.3) is 0 Å².